The van der Waals surface area contributed by atoms with Crippen LogP contribution in [0.4, 0.5) is 4.39 Å². The molecule has 1 amide bonds. The highest BCUT2D eigenvalue weighted by molar-refractivity contribution is 5.89. The molecule has 0 fully saturated rings. The minimum atomic E-state index is -0.492. The first kappa shape index (κ1) is 18.4. The van der Waals surface area contributed by atoms with Gasteiger partial charge in [-0.1, -0.05) is 18.2 Å². The molecule has 0 N–H and O–H groups in total. The fourth-order valence-corrected chi connectivity index (χ4v) is 2.36. The number of benzene rings is 2. The molecule has 0 heterocycles. The molecule has 2 aromatic carbocycles. The fourth-order valence-electron chi connectivity index (χ4n) is 2.36. The quantitative estimate of drug-likeness (QED) is 0.756. The molecule has 25 heavy (non-hydrogen) atoms. The SMILES string of the molecule is COC(=O)c1ccc(CN(C)C(=O)Cc2ccc(OC)c(F)c2)cc1. The second-order valence-corrected chi connectivity index (χ2v) is 5.58. The standard InChI is InChI=1S/C19H20FNO4/c1-21(12-13-4-7-15(8-5-13)19(23)25-3)18(22)11-14-6-9-17(24-2)16(20)10-14/h4-10H,11-12H2,1-3H3. The molecule has 0 aliphatic heterocycles. The van der Waals surface area contributed by atoms with Crippen molar-refractivity contribution in [1.82, 2.24) is 4.90 Å². The molecule has 0 spiro atoms. The molecule has 132 valence electrons. The van der Waals surface area contributed by atoms with E-state index >= 15 is 0 Å². The van der Waals surface area contributed by atoms with Crippen molar-refractivity contribution in [2.45, 2.75) is 13.0 Å². The van der Waals surface area contributed by atoms with Crippen molar-refractivity contribution in [2.75, 3.05) is 21.3 Å². The Morgan fingerprint density at radius 1 is 1.04 bits per heavy atom. The van der Waals surface area contributed by atoms with Gasteiger partial charge in [0.2, 0.25) is 5.91 Å². The van der Waals surface area contributed by atoms with Gasteiger partial charge in [-0.05, 0) is 35.4 Å². The predicted octanol–water partition coefficient (Wildman–Crippen LogP) is 2.82. The van der Waals surface area contributed by atoms with Gasteiger partial charge in [-0.25, -0.2) is 9.18 Å². The maximum atomic E-state index is 13.7. The molecule has 0 aliphatic carbocycles. The molecule has 0 atom stereocenters. The van der Waals surface area contributed by atoms with Crippen LogP contribution >= 0.6 is 0 Å². The molecule has 2 aromatic rings. The first-order valence-electron chi connectivity index (χ1n) is 7.68. The first-order chi connectivity index (χ1) is 11.9. The largest absolute Gasteiger partial charge is 0.494 e. The van der Waals surface area contributed by atoms with E-state index in [0.717, 1.165) is 5.56 Å². The van der Waals surface area contributed by atoms with E-state index in [1.807, 2.05) is 0 Å². The van der Waals surface area contributed by atoms with Gasteiger partial charge in [0.1, 0.15) is 0 Å². The molecular weight excluding hydrogens is 325 g/mol. The van der Waals surface area contributed by atoms with Crippen LogP contribution in [0, 0.1) is 5.82 Å². The summed E-state index contributed by atoms with van der Waals surface area (Å²) in [5.41, 5.74) is 1.91. The van der Waals surface area contributed by atoms with Crippen LogP contribution in [0.2, 0.25) is 0 Å². The highest BCUT2D eigenvalue weighted by Gasteiger charge is 2.13. The van der Waals surface area contributed by atoms with Gasteiger partial charge in [0, 0.05) is 13.6 Å². The molecular formula is C19H20FNO4. The molecule has 0 saturated carbocycles. The van der Waals surface area contributed by atoms with Crippen LogP contribution in [0.3, 0.4) is 0 Å². The van der Waals surface area contributed by atoms with Crippen molar-refractivity contribution >= 4 is 11.9 Å². The normalized spacial score (nSPS) is 10.2. The Kier molecular flexibility index (Phi) is 6.11. The van der Waals surface area contributed by atoms with Gasteiger partial charge in [-0.15, -0.1) is 0 Å². The van der Waals surface area contributed by atoms with E-state index in [4.69, 9.17) is 4.74 Å². The average molecular weight is 345 g/mol. The van der Waals surface area contributed by atoms with Gasteiger partial charge in [0.15, 0.2) is 11.6 Å². The maximum absolute atomic E-state index is 13.7. The number of hydrogen-bond donors (Lipinski definition) is 0. The van der Waals surface area contributed by atoms with Crippen LogP contribution in [-0.4, -0.2) is 38.0 Å². The number of carbonyl (C=O) groups excluding carboxylic acids is 2. The Morgan fingerprint density at radius 2 is 1.68 bits per heavy atom. The molecule has 0 aromatic heterocycles. The van der Waals surface area contributed by atoms with Crippen molar-refractivity contribution in [2.24, 2.45) is 0 Å². The Labute approximate surface area is 146 Å². The fraction of sp³-hybridized carbons (Fsp3) is 0.263. The van der Waals surface area contributed by atoms with Crippen LogP contribution in [0.1, 0.15) is 21.5 Å². The molecule has 0 unspecified atom stereocenters. The smallest absolute Gasteiger partial charge is 0.337 e. The van der Waals surface area contributed by atoms with E-state index in [9.17, 15) is 14.0 Å². The second kappa shape index (κ2) is 8.28. The number of esters is 1. The molecule has 0 aliphatic rings. The summed E-state index contributed by atoms with van der Waals surface area (Å²) in [5, 5.41) is 0. The number of hydrogen-bond acceptors (Lipinski definition) is 4. The lowest BCUT2D eigenvalue weighted by Gasteiger charge is -2.17. The van der Waals surface area contributed by atoms with E-state index in [0.29, 0.717) is 17.7 Å². The molecule has 0 bridgehead atoms. The third-order valence-electron chi connectivity index (χ3n) is 3.79. The summed E-state index contributed by atoms with van der Waals surface area (Å²) in [5.74, 6) is -0.886. The van der Waals surface area contributed by atoms with Gasteiger partial charge < -0.3 is 14.4 Å². The highest BCUT2D eigenvalue weighted by Crippen LogP contribution is 2.18. The van der Waals surface area contributed by atoms with Gasteiger partial charge in [-0.3, -0.25) is 4.79 Å². The topological polar surface area (TPSA) is 55.8 Å². The Bertz CT molecular complexity index is 759. The van der Waals surface area contributed by atoms with E-state index in [2.05, 4.69) is 4.74 Å². The Balaban J connectivity index is 1.98. The lowest BCUT2D eigenvalue weighted by molar-refractivity contribution is -0.129. The number of likely N-dealkylation sites (N-methyl/N-ethyl adjacent to an activating group) is 1. The third-order valence-corrected chi connectivity index (χ3v) is 3.79. The summed E-state index contributed by atoms with van der Waals surface area (Å²) < 4.78 is 23.2. The van der Waals surface area contributed by atoms with Crippen LogP contribution in [0.5, 0.6) is 5.75 Å². The maximum Gasteiger partial charge on any atom is 0.337 e. The van der Waals surface area contributed by atoms with Crippen LogP contribution in [0.25, 0.3) is 0 Å². The lowest BCUT2D eigenvalue weighted by Crippen LogP contribution is -2.27. The number of rotatable bonds is 6. The van der Waals surface area contributed by atoms with Gasteiger partial charge in [-0.2, -0.15) is 0 Å². The minimum absolute atomic E-state index is 0.0949. The van der Waals surface area contributed by atoms with E-state index in [1.54, 1.807) is 42.3 Å². The molecule has 2 rings (SSSR count). The van der Waals surface area contributed by atoms with Crippen molar-refractivity contribution in [3.05, 3.63) is 65.0 Å². The van der Waals surface area contributed by atoms with Crippen molar-refractivity contribution in [1.29, 1.82) is 0 Å². The number of carbonyl (C=O) groups is 2. The van der Waals surface area contributed by atoms with Gasteiger partial charge in [0.05, 0.1) is 26.2 Å². The number of halogens is 1. The lowest BCUT2D eigenvalue weighted by atomic mass is 10.1. The zero-order valence-corrected chi connectivity index (χ0v) is 14.4. The van der Waals surface area contributed by atoms with Crippen LogP contribution in [-0.2, 0) is 22.5 Å². The summed E-state index contributed by atoms with van der Waals surface area (Å²) in [7, 11) is 4.39. The van der Waals surface area contributed by atoms with Crippen LogP contribution in [0.15, 0.2) is 42.5 Å². The third kappa shape index (κ3) is 4.79. The van der Waals surface area contributed by atoms with E-state index in [1.165, 1.54) is 26.4 Å². The van der Waals surface area contributed by atoms with Crippen LogP contribution < -0.4 is 4.74 Å². The summed E-state index contributed by atoms with van der Waals surface area (Å²) in [6.07, 6.45) is 0.0949. The van der Waals surface area contributed by atoms with E-state index < -0.39 is 11.8 Å². The van der Waals surface area contributed by atoms with Crippen molar-refractivity contribution < 1.29 is 23.5 Å². The molecule has 0 radical (unpaired) electrons. The summed E-state index contributed by atoms with van der Waals surface area (Å²) >= 11 is 0. The Morgan fingerprint density at radius 3 is 2.24 bits per heavy atom. The first-order valence-corrected chi connectivity index (χ1v) is 7.68. The van der Waals surface area contributed by atoms with Crippen molar-refractivity contribution in [3.8, 4) is 5.75 Å². The van der Waals surface area contributed by atoms with Crippen molar-refractivity contribution in [3.63, 3.8) is 0 Å². The zero-order valence-electron chi connectivity index (χ0n) is 14.4. The second-order valence-electron chi connectivity index (χ2n) is 5.58. The molecule has 5 nitrogen and oxygen atoms in total. The number of ether oxygens (including phenoxy) is 2. The monoisotopic (exact) mass is 345 g/mol. The summed E-state index contributed by atoms with van der Waals surface area (Å²) in [6.45, 7) is 0.388. The minimum Gasteiger partial charge on any atom is -0.494 e. The van der Waals surface area contributed by atoms with Gasteiger partial charge >= 0.3 is 5.97 Å². The number of nitrogens with zero attached hydrogens (tertiary/aromatic N) is 1. The van der Waals surface area contributed by atoms with E-state index in [-0.39, 0.29) is 18.1 Å². The van der Waals surface area contributed by atoms with Gasteiger partial charge in [0.25, 0.3) is 0 Å². The molecule has 6 heteroatoms. The zero-order chi connectivity index (χ0) is 18.4. The summed E-state index contributed by atoms with van der Waals surface area (Å²) in [4.78, 5) is 25.3. The summed E-state index contributed by atoms with van der Waals surface area (Å²) in [6, 6.07) is 11.3. The highest BCUT2D eigenvalue weighted by atomic mass is 19.1. The number of methoxy groups -OCH3 is 2. The molecule has 0 saturated heterocycles. The average Bonchev–Trinajstić information content (AvgIpc) is 2.61. The number of amides is 1. The Hall–Kier alpha value is -2.89. The predicted molar refractivity (Wildman–Crippen MR) is 90.9 cm³/mol.